The van der Waals surface area contributed by atoms with Gasteiger partial charge in [0.25, 0.3) is 0 Å². The van der Waals surface area contributed by atoms with Gasteiger partial charge in [-0.15, -0.1) is 0 Å². The minimum absolute atomic E-state index is 0.0600. The van der Waals surface area contributed by atoms with E-state index in [0.29, 0.717) is 24.7 Å². The van der Waals surface area contributed by atoms with Crippen LogP contribution in [0.1, 0.15) is 37.4 Å². The molecule has 0 saturated heterocycles. The van der Waals surface area contributed by atoms with E-state index in [1.54, 1.807) is 6.92 Å². The number of rotatable bonds is 4. The molecule has 0 unspecified atom stereocenters. The molecule has 0 bridgehead atoms. The SMILES string of the molecule is Cc1nc(CCNC(=O)C2(N)CCCC2)no1. The maximum Gasteiger partial charge on any atom is 0.240 e. The standard InChI is InChI=1S/C11H18N4O2/c1-8-14-9(15-17-8)4-7-13-10(16)11(12)5-2-3-6-11/h2-7,12H2,1H3,(H,13,16). The minimum atomic E-state index is -0.660. The fraction of sp³-hybridized carbons (Fsp3) is 0.727. The summed E-state index contributed by atoms with van der Waals surface area (Å²) in [5, 5.41) is 6.60. The second kappa shape index (κ2) is 4.83. The van der Waals surface area contributed by atoms with Crippen LogP contribution in [0.25, 0.3) is 0 Å². The Hall–Kier alpha value is -1.43. The van der Waals surface area contributed by atoms with E-state index >= 15 is 0 Å². The van der Waals surface area contributed by atoms with Crippen LogP contribution in [0.3, 0.4) is 0 Å². The van der Waals surface area contributed by atoms with Gasteiger partial charge in [0.05, 0.1) is 5.54 Å². The molecule has 0 aromatic carbocycles. The predicted molar refractivity (Wildman–Crippen MR) is 61.1 cm³/mol. The molecular weight excluding hydrogens is 220 g/mol. The van der Waals surface area contributed by atoms with Crippen LogP contribution in [-0.2, 0) is 11.2 Å². The number of amides is 1. The van der Waals surface area contributed by atoms with Crippen molar-refractivity contribution in [1.29, 1.82) is 0 Å². The number of carbonyl (C=O) groups is 1. The van der Waals surface area contributed by atoms with Crippen molar-refractivity contribution in [2.45, 2.75) is 44.6 Å². The molecule has 17 heavy (non-hydrogen) atoms. The summed E-state index contributed by atoms with van der Waals surface area (Å²) in [7, 11) is 0. The van der Waals surface area contributed by atoms with Crippen molar-refractivity contribution in [2.75, 3.05) is 6.54 Å². The summed E-state index contributed by atoms with van der Waals surface area (Å²) in [6, 6.07) is 0. The quantitative estimate of drug-likeness (QED) is 0.787. The molecular formula is C11H18N4O2. The number of aryl methyl sites for hydroxylation is 1. The fourth-order valence-corrected chi connectivity index (χ4v) is 2.14. The third kappa shape index (κ3) is 2.82. The molecule has 0 spiro atoms. The molecule has 6 heteroatoms. The Kier molecular flexibility index (Phi) is 3.42. The van der Waals surface area contributed by atoms with Crippen LogP contribution in [-0.4, -0.2) is 28.1 Å². The van der Waals surface area contributed by atoms with E-state index in [0.717, 1.165) is 25.7 Å². The topological polar surface area (TPSA) is 94.0 Å². The van der Waals surface area contributed by atoms with Crippen molar-refractivity contribution >= 4 is 5.91 Å². The summed E-state index contributed by atoms with van der Waals surface area (Å²) in [6.07, 6.45) is 4.20. The van der Waals surface area contributed by atoms with Crippen LogP contribution in [0, 0.1) is 6.92 Å². The molecule has 1 aliphatic rings. The number of hydrogen-bond acceptors (Lipinski definition) is 5. The second-order valence-electron chi connectivity index (χ2n) is 4.60. The van der Waals surface area contributed by atoms with E-state index in [2.05, 4.69) is 15.5 Å². The summed E-state index contributed by atoms with van der Waals surface area (Å²) in [4.78, 5) is 15.9. The average molecular weight is 238 g/mol. The van der Waals surface area contributed by atoms with Gasteiger partial charge in [-0.05, 0) is 12.8 Å². The Morgan fingerprint density at radius 1 is 1.53 bits per heavy atom. The van der Waals surface area contributed by atoms with E-state index in [1.165, 1.54) is 0 Å². The molecule has 1 heterocycles. The Bertz CT molecular complexity index is 396. The largest absolute Gasteiger partial charge is 0.354 e. The molecule has 94 valence electrons. The van der Waals surface area contributed by atoms with Crippen LogP contribution in [0.15, 0.2) is 4.52 Å². The second-order valence-corrected chi connectivity index (χ2v) is 4.60. The number of aromatic nitrogens is 2. The lowest BCUT2D eigenvalue weighted by molar-refractivity contribution is -0.126. The zero-order chi connectivity index (χ0) is 12.3. The maximum atomic E-state index is 11.9. The van der Waals surface area contributed by atoms with E-state index in [1.807, 2.05) is 0 Å². The molecule has 0 radical (unpaired) electrons. The third-order valence-electron chi connectivity index (χ3n) is 3.15. The molecule has 1 aliphatic carbocycles. The van der Waals surface area contributed by atoms with Crippen molar-refractivity contribution in [2.24, 2.45) is 5.73 Å². The molecule has 1 aromatic heterocycles. The van der Waals surface area contributed by atoms with Gasteiger partial charge in [-0.1, -0.05) is 18.0 Å². The van der Waals surface area contributed by atoms with E-state index in [4.69, 9.17) is 10.3 Å². The number of hydrogen-bond donors (Lipinski definition) is 2. The van der Waals surface area contributed by atoms with Crippen LogP contribution >= 0.6 is 0 Å². The van der Waals surface area contributed by atoms with E-state index in [-0.39, 0.29) is 5.91 Å². The molecule has 1 amide bonds. The third-order valence-corrected chi connectivity index (χ3v) is 3.15. The lowest BCUT2D eigenvalue weighted by atomic mass is 9.98. The Balaban J connectivity index is 1.77. The fourth-order valence-electron chi connectivity index (χ4n) is 2.14. The molecule has 1 aromatic rings. The lowest BCUT2D eigenvalue weighted by Crippen LogP contribution is -2.52. The predicted octanol–water partition coefficient (Wildman–Crippen LogP) is 0.308. The summed E-state index contributed by atoms with van der Waals surface area (Å²) < 4.78 is 4.84. The first-order valence-electron chi connectivity index (χ1n) is 5.96. The average Bonchev–Trinajstić information content (AvgIpc) is 2.89. The van der Waals surface area contributed by atoms with Gasteiger partial charge in [0.15, 0.2) is 5.82 Å². The van der Waals surface area contributed by atoms with Gasteiger partial charge in [0.1, 0.15) is 0 Å². The van der Waals surface area contributed by atoms with Crippen molar-refractivity contribution < 1.29 is 9.32 Å². The molecule has 2 rings (SSSR count). The Labute approximate surface area is 99.9 Å². The Morgan fingerprint density at radius 3 is 2.82 bits per heavy atom. The van der Waals surface area contributed by atoms with Crippen molar-refractivity contribution in [1.82, 2.24) is 15.5 Å². The number of carbonyl (C=O) groups excluding carboxylic acids is 1. The number of nitrogens with two attached hydrogens (primary N) is 1. The zero-order valence-electron chi connectivity index (χ0n) is 10.0. The Morgan fingerprint density at radius 2 is 2.24 bits per heavy atom. The van der Waals surface area contributed by atoms with Crippen LogP contribution in [0.4, 0.5) is 0 Å². The maximum absolute atomic E-state index is 11.9. The molecule has 1 saturated carbocycles. The highest BCUT2D eigenvalue weighted by atomic mass is 16.5. The van der Waals surface area contributed by atoms with Crippen molar-refractivity contribution in [3.8, 4) is 0 Å². The first-order valence-corrected chi connectivity index (χ1v) is 5.96. The summed E-state index contributed by atoms with van der Waals surface area (Å²) in [5.41, 5.74) is 5.36. The van der Waals surface area contributed by atoms with Gasteiger partial charge in [-0.2, -0.15) is 4.98 Å². The summed E-state index contributed by atoms with van der Waals surface area (Å²) in [6.45, 7) is 2.24. The van der Waals surface area contributed by atoms with Crippen molar-refractivity contribution in [3.05, 3.63) is 11.7 Å². The normalized spacial score (nSPS) is 18.2. The zero-order valence-corrected chi connectivity index (χ0v) is 10.0. The van der Waals surface area contributed by atoms with Gasteiger partial charge < -0.3 is 15.6 Å². The van der Waals surface area contributed by atoms with E-state index in [9.17, 15) is 4.79 Å². The minimum Gasteiger partial charge on any atom is -0.354 e. The highest BCUT2D eigenvalue weighted by Gasteiger charge is 2.36. The van der Waals surface area contributed by atoms with E-state index < -0.39 is 5.54 Å². The van der Waals surface area contributed by atoms with Crippen LogP contribution < -0.4 is 11.1 Å². The first kappa shape index (κ1) is 12.0. The molecule has 0 aliphatic heterocycles. The van der Waals surface area contributed by atoms with Crippen LogP contribution in [0.5, 0.6) is 0 Å². The van der Waals surface area contributed by atoms with Gasteiger partial charge in [0, 0.05) is 19.9 Å². The van der Waals surface area contributed by atoms with Gasteiger partial charge in [0.2, 0.25) is 11.8 Å². The molecule has 1 fully saturated rings. The molecule has 0 atom stereocenters. The van der Waals surface area contributed by atoms with Gasteiger partial charge in [-0.3, -0.25) is 4.79 Å². The number of nitrogens with zero attached hydrogens (tertiary/aromatic N) is 2. The van der Waals surface area contributed by atoms with Gasteiger partial charge in [-0.25, -0.2) is 0 Å². The summed E-state index contributed by atoms with van der Waals surface area (Å²) in [5.74, 6) is 1.09. The smallest absolute Gasteiger partial charge is 0.240 e. The summed E-state index contributed by atoms with van der Waals surface area (Å²) >= 11 is 0. The van der Waals surface area contributed by atoms with Crippen LogP contribution in [0.2, 0.25) is 0 Å². The lowest BCUT2D eigenvalue weighted by Gasteiger charge is -2.21. The highest BCUT2D eigenvalue weighted by molar-refractivity contribution is 5.86. The highest BCUT2D eigenvalue weighted by Crippen LogP contribution is 2.27. The first-order chi connectivity index (χ1) is 8.10. The molecule has 6 nitrogen and oxygen atoms in total. The van der Waals surface area contributed by atoms with Crippen molar-refractivity contribution in [3.63, 3.8) is 0 Å². The molecule has 3 N–H and O–H groups in total. The van der Waals surface area contributed by atoms with Gasteiger partial charge >= 0.3 is 0 Å². The monoisotopic (exact) mass is 238 g/mol. The number of nitrogens with one attached hydrogen (secondary N) is 1.